The molecule has 0 atom stereocenters. The minimum absolute atomic E-state index is 0.138. The van der Waals surface area contributed by atoms with Gasteiger partial charge in [0.2, 0.25) is 0 Å². The molecule has 2 aromatic carbocycles. The topological polar surface area (TPSA) is 55.8 Å². The molecule has 0 saturated carbocycles. The Morgan fingerprint density at radius 2 is 1.35 bits per heavy atom. The van der Waals surface area contributed by atoms with Crippen LogP contribution in [-0.4, -0.2) is 38.1 Å². The standard InChI is InChI=1S/C26H31NO4/c1-26(2,3)21(20-15-11-8-12-16-20)17-22(23(24(28)30-5)25(29)31-6)27(4)18-19-13-9-7-10-14-19/h7-17H,18H2,1-6H3/b21-17-. The molecule has 31 heavy (non-hydrogen) atoms. The normalized spacial score (nSPS) is 11.5. The van der Waals surface area contributed by atoms with E-state index in [1.54, 1.807) is 0 Å². The van der Waals surface area contributed by atoms with Crippen LogP contribution in [0, 0.1) is 5.41 Å². The first-order valence-corrected chi connectivity index (χ1v) is 10.1. The zero-order valence-electron chi connectivity index (χ0n) is 19.1. The van der Waals surface area contributed by atoms with Gasteiger partial charge in [-0.3, -0.25) is 0 Å². The summed E-state index contributed by atoms with van der Waals surface area (Å²) in [5, 5.41) is 0. The van der Waals surface area contributed by atoms with Crippen molar-refractivity contribution < 1.29 is 19.1 Å². The van der Waals surface area contributed by atoms with E-state index >= 15 is 0 Å². The molecule has 0 unspecified atom stereocenters. The van der Waals surface area contributed by atoms with Crippen LogP contribution in [-0.2, 0) is 25.6 Å². The number of rotatable bonds is 7. The molecule has 5 heteroatoms. The van der Waals surface area contributed by atoms with Crippen LogP contribution in [0.15, 0.2) is 78.0 Å². The van der Waals surface area contributed by atoms with Crippen LogP contribution < -0.4 is 0 Å². The zero-order valence-corrected chi connectivity index (χ0v) is 19.1. The van der Waals surface area contributed by atoms with E-state index in [1.165, 1.54) is 14.2 Å². The predicted octanol–water partition coefficient (Wildman–Crippen LogP) is 4.85. The van der Waals surface area contributed by atoms with Crippen molar-refractivity contribution >= 4 is 17.5 Å². The van der Waals surface area contributed by atoms with Gasteiger partial charge in [-0.2, -0.15) is 0 Å². The third-order valence-corrected chi connectivity index (χ3v) is 4.88. The first kappa shape index (κ1) is 23.9. The number of nitrogens with zero attached hydrogens (tertiary/aromatic N) is 1. The second-order valence-electron chi connectivity index (χ2n) is 8.26. The van der Waals surface area contributed by atoms with Gasteiger partial charge in [-0.15, -0.1) is 0 Å². The summed E-state index contributed by atoms with van der Waals surface area (Å²) in [6, 6.07) is 19.8. The maximum absolute atomic E-state index is 12.6. The fraction of sp³-hybridized carbons (Fsp3) is 0.308. The average molecular weight is 422 g/mol. The first-order chi connectivity index (χ1) is 14.7. The number of carbonyl (C=O) groups is 2. The smallest absolute Gasteiger partial charge is 0.347 e. The van der Waals surface area contributed by atoms with Crippen molar-refractivity contribution in [3.8, 4) is 0 Å². The van der Waals surface area contributed by atoms with Gasteiger partial charge in [-0.05, 0) is 28.2 Å². The Morgan fingerprint density at radius 1 is 0.871 bits per heavy atom. The maximum atomic E-state index is 12.6. The van der Waals surface area contributed by atoms with Crippen LogP contribution in [0.3, 0.4) is 0 Å². The largest absolute Gasteiger partial charge is 0.465 e. The monoisotopic (exact) mass is 421 g/mol. The van der Waals surface area contributed by atoms with E-state index in [2.05, 4.69) is 20.8 Å². The van der Waals surface area contributed by atoms with Gasteiger partial charge < -0.3 is 14.4 Å². The lowest BCUT2D eigenvalue weighted by atomic mass is 9.81. The highest BCUT2D eigenvalue weighted by Gasteiger charge is 2.28. The number of methoxy groups -OCH3 is 2. The number of likely N-dealkylation sites (N-methyl/N-ethyl adjacent to an activating group) is 1. The van der Waals surface area contributed by atoms with Crippen molar-refractivity contribution in [2.24, 2.45) is 5.41 Å². The number of hydrogen-bond acceptors (Lipinski definition) is 5. The summed E-state index contributed by atoms with van der Waals surface area (Å²) in [4.78, 5) is 27.2. The molecule has 2 aromatic rings. The van der Waals surface area contributed by atoms with E-state index in [-0.39, 0.29) is 11.0 Å². The van der Waals surface area contributed by atoms with E-state index in [4.69, 9.17) is 9.47 Å². The van der Waals surface area contributed by atoms with Crippen LogP contribution in [0.25, 0.3) is 5.57 Å². The molecule has 0 aliphatic rings. The molecular weight excluding hydrogens is 390 g/mol. The zero-order chi connectivity index (χ0) is 23.0. The minimum atomic E-state index is -0.737. The van der Waals surface area contributed by atoms with Crippen molar-refractivity contribution in [1.82, 2.24) is 4.90 Å². The van der Waals surface area contributed by atoms with Crippen LogP contribution in [0.1, 0.15) is 31.9 Å². The molecule has 0 amide bonds. The van der Waals surface area contributed by atoms with E-state index in [9.17, 15) is 9.59 Å². The van der Waals surface area contributed by atoms with E-state index in [1.807, 2.05) is 78.7 Å². The lowest BCUT2D eigenvalue weighted by Crippen LogP contribution is -2.26. The molecule has 0 heterocycles. The van der Waals surface area contributed by atoms with Gasteiger partial charge in [0.05, 0.1) is 19.9 Å². The summed E-state index contributed by atoms with van der Waals surface area (Å²) in [5.74, 6) is -1.47. The van der Waals surface area contributed by atoms with Crippen LogP contribution in [0.2, 0.25) is 0 Å². The number of carbonyl (C=O) groups excluding carboxylic acids is 2. The number of allylic oxidation sites excluding steroid dienone is 2. The Balaban J connectivity index is 2.75. The fourth-order valence-electron chi connectivity index (χ4n) is 3.30. The summed E-state index contributed by atoms with van der Waals surface area (Å²) in [5.41, 5.74) is 3.08. The minimum Gasteiger partial charge on any atom is -0.465 e. The van der Waals surface area contributed by atoms with Crippen molar-refractivity contribution in [1.29, 1.82) is 0 Å². The van der Waals surface area contributed by atoms with Gasteiger partial charge in [0.15, 0.2) is 5.57 Å². The fourth-order valence-corrected chi connectivity index (χ4v) is 3.30. The molecule has 0 fully saturated rings. The Hall–Kier alpha value is -3.34. The second kappa shape index (κ2) is 10.6. The number of ether oxygens (including phenoxy) is 2. The van der Waals surface area contributed by atoms with Gasteiger partial charge in [0.25, 0.3) is 0 Å². The lowest BCUT2D eigenvalue weighted by molar-refractivity contribution is -0.144. The van der Waals surface area contributed by atoms with E-state index in [0.717, 1.165) is 16.7 Å². The molecule has 0 radical (unpaired) electrons. The number of esters is 2. The molecule has 0 N–H and O–H groups in total. The molecule has 164 valence electrons. The van der Waals surface area contributed by atoms with Gasteiger partial charge in [0.1, 0.15) is 0 Å². The summed E-state index contributed by atoms with van der Waals surface area (Å²) in [7, 11) is 4.35. The highest BCUT2D eigenvalue weighted by Crippen LogP contribution is 2.36. The predicted molar refractivity (Wildman–Crippen MR) is 123 cm³/mol. The first-order valence-electron chi connectivity index (χ1n) is 10.1. The molecular formula is C26H31NO4. The highest BCUT2D eigenvalue weighted by atomic mass is 16.5. The number of hydrogen-bond donors (Lipinski definition) is 0. The van der Waals surface area contributed by atoms with Crippen LogP contribution >= 0.6 is 0 Å². The lowest BCUT2D eigenvalue weighted by Gasteiger charge is -2.28. The van der Waals surface area contributed by atoms with E-state index in [0.29, 0.717) is 12.2 Å². The van der Waals surface area contributed by atoms with Gasteiger partial charge in [0, 0.05) is 13.6 Å². The number of benzene rings is 2. The second-order valence-corrected chi connectivity index (χ2v) is 8.26. The van der Waals surface area contributed by atoms with Gasteiger partial charge in [-0.1, -0.05) is 81.4 Å². The van der Waals surface area contributed by atoms with Gasteiger partial charge in [-0.25, -0.2) is 9.59 Å². The molecule has 2 rings (SSSR count). The van der Waals surface area contributed by atoms with Crippen molar-refractivity contribution in [3.05, 3.63) is 89.1 Å². The van der Waals surface area contributed by atoms with Crippen LogP contribution in [0.5, 0.6) is 0 Å². The molecule has 5 nitrogen and oxygen atoms in total. The average Bonchev–Trinajstić information content (AvgIpc) is 2.76. The third-order valence-electron chi connectivity index (χ3n) is 4.88. The highest BCUT2D eigenvalue weighted by molar-refractivity contribution is 6.15. The summed E-state index contributed by atoms with van der Waals surface area (Å²) < 4.78 is 9.87. The maximum Gasteiger partial charge on any atom is 0.347 e. The van der Waals surface area contributed by atoms with Crippen LogP contribution in [0.4, 0.5) is 0 Å². The Bertz CT molecular complexity index is 936. The Kier molecular flexibility index (Phi) is 8.20. The summed E-state index contributed by atoms with van der Waals surface area (Å²) >= 11 is 0. The van der Waals surface area contributed by atoms with Crippen molar-refractivity contribution in [2.75, 3.05) is 21.3 Å². The van der Waals surface area contributed by atoms with E-state index < -0.39 is 11.9 Å². The Labute approximate surface area is 185 Å². The SMILES string of the molecule is COC(=O)C(C(=O)OC)=C(/C=C(/c1ccccc1)C(C)(C)C)N(C)Cc1ccccc1. The molecule has 0 aliphatic heterocycles. The molecule has 0 spiro atoms. The summed E-state index contributed by atoms with van der Waals surface area (Å²) in [6.07, 6.45) is 1.89. The molecule has 0 bridgehead atoms. The quantitative estimate of drug-likeness (QED) is 0.210. The molecule has 0 aromatic heterocycles. The molecule has 0 aliphatic carbocycles. The van der Waals surface area contributed by atoms with Gasteiger partial charge >= 0.3 is 11.9 Å². The summed E-state index contributed by atoms with van der Waals surface area (Å²) in [6.45, 7) is 6.78. The third kappa shape index (κ3) is 6.32. The van der Waals surface area contributed by atoms with Crippen molar-refractivity contribution in [2.45, 2.75) is 27.3 Å². The Morgan fingerprint density at radius 3 is 1.81 bits per heavy atom. The molecule has 0 saturated heterocycles. The van der Waals surface area contributed by atoms with Crippen molar-refractivity contribution in [3.63, 3.8) is 0 Å².